The number of methoxy groups -OCH3 is 3. The van der Waals surface area contributed by atoms with Gasteiger partial charge in [-0.1, -0.05) is 24.3 Å². The van der Waals surface area contributed by atoms with Crippen LogP contribution in [0.3, 0.4) is 0 Å². The molecule has 0 saturated heterocycles. The zero-order chi connectivity index (χ0) is 23.5. The molecular formula is C26H24N2O5. The van der Waals surface area contributed by atoms with Gasteiger partial charge in [-0.05, 0) is 60.5 Å². The van der Waals surface area contributed by atoms with Crippen LogP contribution in [0.2, 0.25) is 0 Å². The van der Waals surface area contributed by atoms with Crippen LogP contribution in [0.25, 0.3) is 5.57 Å². The molecule has 168 valence electrons. The van der Waals surface area contributed by atoms with Crippen molar-refractivity contribution in [2.24, 2.45) is 0 Å². The molecule has 33 heavy (non-hydrogen) atoms. The van der Waals surface area contributed by atoms with Gasteiger partial charge in [0.25, 0.3) is 11.8 Å². The number of imide groups is 1. The lowest BCUT2D eigenvalue weighted by atomic mass is 10.0. The second-order valence-electron chi connectivity index (χ2n) is 7.41. The lowest BCUT2D eigenvalue weighted by molar-refractivity contribution is -0.120. The zero-order valence-corrected chi connectivity index (χ0v) is 18.8. The van der Waals surface area contributed by atoms with E-state index in [1.54, 1.807) is 61.7 Å². The van der Waals surface area contributed by atoms with Crippen LogP contribution in [0.15, 0.2) is 72.4 Å². The highest BCUT2D eigenvalue weighted by atomic mass is 16.5. The van der Waals surface area contributed by atoms with Gasteiger partial charge >= 0.3 is 0 Å². The number of para-hydroxylation sites is 1. The molecule has 1 heterocycles. The summed E-state index contributed by atoms with van der Waals surface area (Å²) in [5, 5.41) is 3.15. The zero-order valence-electron chi connectivity index (χ0n) is 18.8. The van der Waals surface area contributed by atoms with Crippen LogP contribution in [0, 0.1) is 6.92 Å². The van der Waals surface area contributed by atoms with Crippen LogP contribution in [0.4, 0.5) is 11.4 Å². The van der Waals surface area contributed by atoms with Crippen LogP contribution < -0.4 is 24.4 Å². The smallest absolute Gasteiger partial charge is 0.282 e. The molecule has 7 heteroatoms. The minimum atomic E-state index is -0.435. The standard InChI is InChI=1S/C26H24N2O5/c1-16-7-5-6-8-20(16)28-25(29)23(17-9-14-21(32-3)22(15-17)33-4)24(26(28)30)27-18-10-12-19(31-2)13-11-18/h5-15,27H,1-4H3. The van der Waals surface area contributed by atoms with Gasteiger partial charge in [-0.3, -0.25) is 9.59 Å². The second kappa shape index (κ2) is 9.08. The lowest BCUT2D eigenvalue weighted by Gasteiger charge is -2.17. The monoisotopic (exact) mass is 444 g/mol. The van der Waals surface area contributed by atoms with Gasteiger partial charge in [-0.25, -0.2) is 4.90 Å². The summed E-state index contributed by atoms with van der Waals surface area (Å²) in [4.78, 5) is 28.4. The average Bonchev–Trinajstić information content (AvgIpc) is 3.08. The van der Waals surface area contributed by atoms with Gasteiger partial charge in [0.15, 0.2) is 11.5 Å². The van der Waals surface area contributed by atoms with Crippen molar-refractivity contribution in [1.82, 2.24) is 0 Å². The van der Waals surface area contributed by atoms with Gasteiger partial charge < -0.3 is 19.5 Å². The molecule has 0 fully saturated rings. The number of anilines is 2. The molecule has 1 aliphatic rings. The van der Waals surface area contributed by atoms with Crippen LogP contribution in [-0.2, 0) is 9.59 Å². The Kier molecular flexibility index (Phi) is 6.04. The van der Waals surface area contributed by atoms with Crippen molar-refractivity contribution in [3.63, 3.8) is 0 Å². The fraction of sp³-hybridized carbons (Fsp3) is 0.154. The number of nitrogens with zero attached hydrogens (tertiary/aromatic N) is 1. The summed E-state index contributed by atoms with van der Waals surface area (Å²) < 4.78 is 15.9. The number of carbonyl (C=O) groups excluding carboxylic acids is 2. The van der Waals surface area contributed by atoms with Crippen LogP contribution in [0.5, 0.6) is 17.2 Å². The van der Waals surface area contributed by atoms with E-state index in [1.807, 2.05) is 19.1 Å². The quantitative estimate of drug-likeness (QED) is 0.544. The maximum atomic E-state index is 13.6. The molecule has 0 radical (unpaired) electrons. The molecule has 0 bridgehead atoms. The highest BCUT2D eigenvalue weighted by molar-refractivity contribution is 6.46. The molecule has 0 aliphatic carbocycles. The first-order valence-electron chi connectivity index (χ1n) is 10.3. The van der Waals surface area contributed by atoms with Crippen molar-refractivity contribution in [1.29, 1.82) is 0 Å². The second-order valence-corrected chi connectivity index (χ2v) is 7.41. The Hall–Kier alpha value is -4.26. The van der Waals surface area contributed by atoms with E-state index in [1.165, 1.54) is 19.1 Å². The largest absolute Gasteiger partial charge is 0.497 e. The third-order valence-corrected chi connectivity index (χ3v) is 5.47. The normalized spacial score (nSPS) is 13.4. The lowest BCUT2D eigenvalue weighted by Crippen LogP contribution is -2.33. The van der Waals surface area contributed by atoms with Crippen molar-refractivity contribution in [2.75, 3.05) is 31.5 Å². The van der Waals surface area contributed by atoms with E-state index in [0.717, 1.165) is 5.56 Å². The van der Waals surface area contributed by atoms with Crippen molar-refractivity contribution in [2.45, 2.75) is 6.92 Å². The molecule has 0 atom stereocenters. The number of aryl methyl sites for hydroxylation is 1. The van der Waals surface area contributed by atoms with Crippen LogP contribution in [0.1, 0.15) is 11.1 Å². The molecule has 0 spiro atoms. The van der Waals surface area contributed by atoms with Gasteiger partial charge in [0, 0.05) is 5.69 Å². The average molecular weight is 444 g/mol. The first-order chi connectivity index (χ1) is 16.0. The third-order valence-electron chi connectivity index (χ3n) is 5.47. The Morgan fingerprint density at radius 3 is 2.09 bits per heavy atom. The number of carbonyl (C=O) groups is 2. The highest BCUT2D eigenvalue weighted by Crippen LogP contribution is 2.38. The van der Waals surface area contributed by atoms with Gasteiger partial charge in [0.05, 0.1) is 32.6 Å². The first kappa shape index (κ1) is 22.0. The number of ether oxygens (including phenoxy) is 3. The fourth-order valence-corrected chi connectivity index (χ4v) is 3.76. The van der Waals surface area contributed by atoms with Gasteiger partial charge in [0.1, 0.15) is 11.4 Å². The van der Waals surface area contributed by atoms with E-state index < -0.39 is 11.8 Å². The Bertz CT molecular complexity index is 1250. The Morgan fingerprint density at radius 2 is 1.45 bits per heavy atom. The number of amides is 2. The number of hydrogen-bond acceptors (Lipinski definition) is 6. The molecule has 3 aromatic carbocycles. The fourth-order valence-electron chi connectivity index (χ4n) is 3.76. The molecule has 0 aromatic heterocycles. The van der Waals surface area contributed by atoms with E-state index in [4.69, 9.17) is 14.2 Å². The maximum absolute atomic E-state index is 13.6. The number of benzene rings is 3. The van der Waals surface area contributed by atoms with Gasteiger partial charge in [-0.2, -0.15) is 0 Å². The topological polar surface area (TPSA) is 77.1 Å². The Balaban J connectivity index is 1.84. The van der Waals surface area contributed by atoms with E-state index >= 15 is 0 Å². The number of nitrogens with one attached hydrogen (secondary N) is 1. The molecule has 0 unspecified atom stereocenters. The molecule has 4 rings (SSSR count). The van der Waals surface area contributed by atoms with E-state index in [2.05, 4.69) is 5.32 Å². The summed E-state index contributed by atoms with van der Waals surface area (Å²) >= 11 is 0. The summed E-state index contributed by atoms with van der Waals surface area (Å²) in [5.41, 5.74) is 2.98. The molecule has 0 saturated carbocycles. The minimum Gasteiger partial charge on any atom is -0.497 e. The summed E-state index contributed by atoms with van der Waals surface area (Å²) in [6, 6.07) is 19.5. The summed E-state index contributed by atoms with van der Waals surface area (Å²) in [6.07, 6.45) is 0. The van der Waals surface area contributed by atoms with E-state index in [-0.39, 0.29) is 11.3 Å². The summed E-state index contributed by atoms with van der Waals surface area (Å²) in [5.74, 6) is 0.817. The van der Waals surface area contributed by atoms with Gasteiger partial charge in [0.2, 0.25) is 0 Å². The predicted octanol–water partition coefficient (Wildman–Crippen LogP) is 4.42. The molecule has 3 aromatic rings. The molecule has 1 N–H and O–H groups in total. The SMILES string of the molecule is COc1ccc(NC2=C(c3ccc(OC)c(OC)c3)C(=O)N(c3ccccc3C)C2=O)cc1. The maximum Gasteiger partial charge on any atom is 0.282 e. The van der Waals surface area contributed by atoms with Crippen molar-refractivity contribution >= 4 is 28.8 Å². The van der Waals surface area contributed by atoms with Gasteiger partial charge in [-0.15, -0.1) is 0 Å². The van der Waals surface area contributed by atoms with Crippen molar-refractivity contribution in [3.05, 3.63) is 83.6 Å². The van der Waals surface area contributed by atoms with E-state index in [9.17, 15) is 9.59 Å². The first-order valence-corrected chi connectivity index (χ1v) is 10.3. The molecule has 2 amide bonds. The Morgan fingerprint density at radius 1 is 0.758 bits per heavy atom. The highest BCUT2D eigenvalue weighted by Gasteiger charge is 2.41. The molecule has 1 aliphatic heterocycles. The van der Waals surface area contributed by atoms with Crippen molar-refractivity contribution < 1.29 is 23.8 Å². The third kappa shape index (κ3) is 4.01. The Labute approximate surface area is 192 Å². The van der Waals surface area contributed by atoms with Crippen LogP contribution >= 0.6 is 0 Å². The van der Waals surface area contributed by atoms with Crippen LogP contribution in [-0.4, -0.2) is 33.1 Å². The minimum absolute atomic E-state index is 0.181. The summed E-state index contributed by atoms with van der Waals surface area (Å²) in [7, 11) is 4.64. The number of hydrogen-bond donors (Lipinski definition) is 1. The van der Waals surface area contributed by atoms with Crippen molar-refractivity contribution in [3.8, 4) is 17.2 Å². The van der Waals surface area contributed by atoms with E-state index in [0.29, 0.717) is 34.2 Å². The molecule has 7 nitrogen and oxygen atoms in total. The molecular weight excluding hydrogens is 420 g/mol. The summed E-state index contributed by atoms with van der Waals surface area (Å²) in [6.45, 7) is 1.86. The predicted molar refractivity (Wildman–Crippen MR) is 127 cm³/mol. The number of rotatable bonds is 7.